The van der Waals surface area contributed by atoms with Gasteiger partial charge in [-0.25, -0.2) is 8.42 Å². The van der Waals surface area contributed by atoms with Crippen LogP contribution in [0.15, 0.2) is 16.3 Å². The molecule has 1 fully saturated rings. The largest absolute Gasteiger partial charge is 0.310 e. The average Bonchev–Trinajstić information content (AvgIpc) is 2.84. The molecule has 2 rings (SSSR count). The minimum atomic E-state index is -3.39. The van der Waals surface area contributed by atoms with Crippen LogP contribution >= 0.6 is 11.3 Å². The third-order valence-electron chi connectivity index (χ3n) is 4.04. The van der Waals surface area contributed by atoms with E-state index in [1.54, 1.807) is 10.4 Å². The maximum atomic E-state index is 13.0. The SMILES string of the molecule is CC(C)NCc1sccc1S(=O)(=O)N1C(C)CCCC1C. The molecular weight excluding hydrogens is 304 g/mol. The molecule has 2 unspecified atom stereocenters. The molecule has 21 heavy (non-hydrogen) atoms. The first kappa shape index (κ1) is 16.9. The molecule has 1 aromatic rings. The van der Waals surface area contributed by atoms with Crippen molar-refractivity contribution in [1.29, 1.82) is 0 Å². The summed E-state index contributed by atoms with van der Waals surface area (Å²) >= 11 is 1.52. The van der Waals surface area contributed by atoms with Gasteiger partial charge in [0.05, 0.1) is 4.90 Å². The van der Waals surface area contributed by atoms with Gasteiger partial charge in [-0.15, -0.1) is 11.3 Å². The van der Waals surface area contributed by atoms with Crippen LogP contribution in [0.1, 0.15) is 51.8 Å². The van der Waals surface area contributed by atoms with Gasteiger partial charge in [-0.2, -0.15) is 4.31 Å². The first-order valence-electron chi connectivity index (χ1n) is 7.67. The summed E-state index contributed by atoms with van der Waals surface area (Å²) in [5.74, 6) is 0. The number of rotatable bonds is 5. The highest BCUT2D eigenvalue weighted by molar-refractivity contribution is 7.89. The van der Waals surface area contributed by atoms with Gasteiger partial charge < -0.3 is 5.32 Å². The first-order valence-corrected chi connectivity index (χ1v) is 9.99. The maximum absolute atomic E-state index is 13.0. The van der Waals surface area contributed by atoms with Crippen LogP contribution in [0.5, 0.6) is 0 Å². The van der Waals surface area contributed by atoms with E-state index < -0.39 is 10.0 Å². The van der Waals surface area contributed by atoms with Crippen molar-refractivity contribution in [2.45, 2.75) is 76.5 Å². The molecule has 120 valence electrons. The Labute approximate surface area is 132 Å². The second-order valence-electron chi connectivity index (χ2n) is 6.21. The normalized spacial score (nSPS) is 24.6. The smallest absolute Gasteiger partial charge is 0.244 e. The maximum Gasteiger partial charge on any atom is 0.244 e. The molecule has 1 aromatic heterocycles. The number of hydrogen-bond acceptors (Lipinski definition) is 4. The summed E-state index contributed by atoms with van der Waals surface area (Å²) in [6.07, 6.45) is 3.01. The zero-order valence-corrected chi connectivity index (χ0v) is 14.9. The summed E-state index contributed by atoms with van der Waals surface area (Å²) in [7, 11) is -3.39. The number of sulfonamides is 1. The Morgan fingerprint density at radius 3 is 2.52 bits per heavy atom. The molecule has 6 heteroatoms. The van der Waals surface area contributed by atoms with Crippen LogP contribution in [0, 0.1) is 0 Å². The van der Waals surface area contributed by atoms with E-state index in [-0.39, 0.29) is 12.1 Å². The highest BCUT2D eigenvalue weighted by atomic mass is 32.2. The number of nitrogens with zero attached hydrogens (tertiary/aromatic N) is 1. The van der Waals surface area contributed by atoms with E-state index in [1.807, 2.05) is 19.2 Å². The summed E-state index contributed by atoms with van der Waals surface area (Å²) < 4.78 is 27.8. The molecule has 2 atom stereocenters. The molecule has 4 nitrogen and oxygen atoms in total. The molecule has 1 aliphatic rings. The van der Waals surface area contributed by atoms with Crippen molar-refractivity contribution in [3.8, 4) is 0 Å². The third-order valence-corrected chi connectivity index (χ3v) is 7.31. The molecule has 1 saturated heterocycles. The Bertz CT molecular complexity index is 556. The van der Waals surface area contributed by atoms with Crippen molar-refractivity contribution in [3.05, 3.63) is 16.3 Å². The molecule has 1 aliphatic heterocycles. The van der Waals surface area contributed by atoms with Gasteiger partial charge in [-0.05, 0) is 38.1 Å². The van der Waals surface area contributed by atoms with Crippen LogP contribution in [0.3, 0.4) is 0 Å². The lowest BCUT2D eigenvalue weighted by atomic mass is 10.0. The number of thiophene rings is 1. The molecule has 0 aromatic carbocycles. The lowest BCUT2D eigenvalue weighted by Crippen LogP contribution is -2.47. The molecule has 0 aliphatic carbocycles. The van der Waals surface area contributed by atoms with E-state index in [0.29, 0.717) is 17.5 Å². The Balaban J connectivity index is 2.29. The molecule has 1 N–H and O–H groups in total. The zero-order chi connectivity index (χ0) is 15.6. The second-order valence-corrected chi connectivity index (χ2v) is 9.02. The fourth-order valence-electron chi connectivity index (χ4n) is 2.97. The highest BCUT2D eigenvalue weighted by Crippen LogP contribution is 2.32. The van der Waals surface area contributed by atoms with Crippen molar-refractivity contribution in [2.75, 3.05) is 0 Å². The van der Waals surface area contributed by atoms with E-state index in [9.17, 15) is 8.42 Å². The topological polar surface area (TPSA) is 49.4 Å². The molecule has 0 radical (unpaired) electrons. The number of nitrogens with one attached hydrogen (secondary N) is 1. The van der Waals surface area contributed by atoms with Crippen molar-refractivity contribution >= 4 is 21.4 Å². The van der Waals surface area contributed by atoms with E-state index in [0.717, 1.165) is 24.1 Å². The zero-order valence-electron chi connectivity index (χ0n) is 13.3. The highest BCUT2D eigenvalue weighted by Gasteiger charge is 2.37. The monoisotopic (exact) mass is 330 g/mol. The lowest BCUT2D eigenvalue weighted by Gasteiger charge is -2.37. The summed E-state index contributed by atoms with van der Waals surface area (Å²) in [5.41, 5.74) is 0. The van der Waals surface area contributed by atoms with Gasteiger partial charge in [0.1, 0.15) is 0 Å². The Morgan fingerprint density at radius 2 is 1.95 bits per heavy atom. The fourth-order valence-corrected chi connectivity index (χ4v) is 6.22. The third kappa shape index (κ3) is 3.67. The van der Waals surface area contributed by atoms with E-state index in [4.69, 9.17) is 0 Å². The Hall–Kier alpha value is -0.430. The first-order chi connectivity index (χ1) is 9.84. The fraction of sp³-hybridized carbons (Fsp3) is 0.733. The van der Waals surface area contributed by atoms with Gasteiger partial charge in [0.2, 0.25) is 10.0 Å². The van der Waals surface area contributed by atoms with Crippen LogP contribution in [0.25, 0.3) is 0 Å². The van der Waals surface area contributed by atoms with Gasteiger partial charge in [-0.3, -0.25) is 0 Å². The summed E-state index contributed by atoms with van der Waals surface area (Å²) in [6.45, 7) is 8.78. The average molecular weight is 331 g/mol. The number of piperidine rings is 1. The van der Waals surface area contributed by atoms with Crippen LogP contribution in [-0.2, 0) is 16.6 Å². The van der Waals surface area contributed by atoms with Crippen molar-refractivity contribution in [3.63, 3.8) is 0 Å². The molecule has 0 saturated carbocycles. The quantitative estimate of drug-likeness (QED) is 0.902. The minimum absolute atomic E-state index is 0.0876. The predicted molar refractivity (Wildman–Crippen MR) is 88.1 cm³/mol. The van der Waals surface area contributed by atoms with Crippen LogP contribution in [0.4, 0.5) is 0 Å². The van der Waals surface area contributed by atoms with Crippen LogP contribution in [-0.4, -0.2) is 30.8 Å². The van der Waals surface area contributed by atoms with Gasteiger partial charge in [-0.1, -0.05) is 20.3 Å². The van der Waals surface area contributed by atoms with E-state index >= 15 is 0 Å². The predicted octanol–water partition coefficient (Wildman–Crippen LogP) is 3.20. The number of hydrogen-bond donors (Lipinski definition) is 1. The van der Waals surface area contributed by atoms with Gasteiger partial charge in [0.15, 0.2) is 0 Å². The standard InChI is InChI=1S/C15H26N2O2S2/c1-11(2)16-10-14-15(8-9-20-14)21(18,19)17-12(3)6-5-7-13(17)4/h8-9,11-13,16H,5-7,10H2,1-4H3. The van der Waals surface area contributed by atoms with E-state index in [1.165, 1.54) is 11.3 Å². The second kappa shape index (κ2) is 6.77. The van der Waals surface area contributed by atoms with Crippen LogP contribution < -0.4 is 5.32 Å². The molecule has 0 amide bonds. The molecular formula is C15H26N2O2S2. The van der Waals surface area contributed by atoms with Gasteiger partial charge in [0, 0.05) is 29.5 Å². The Morgan fingerprint density at radius 1 is 1.33 bits per heavy atom. The minimum Gasteiger partial charge on any atom is -0.310 e. The Kier molecular flexibility index (Phi) is 5.46. The van der Waals surface area contributed by atoms with Gasteiger partial charge >= 0.3 is 0 Å². The molecule has 0 spiro atoms. The lowest BCUT2D eigenvalue weighted by molar-refractivity contribution is 0.204. The molecule has 0 bridgehead atoms. The summed E-state index contributed by atoms with van der Waals surface area (Å²) in [5, 5.41) is 5.19. The van der Waals surface area contributed by atoms with E-state index in [2.05, 4.69) is 19.2 Å². The molecule has 2 heterocycles. The summed E-state index contributed by atoms with van der Waals surface area (Å²) in [6, 6.07) is 2.27. The van der Waals surface area contributed by atoms with Crippen molar-refractivity contribution in [1.82, 2.24) is 9.62 Å². The van der Waals surface area contributed by atoms with Crippen LogP contribution in [0.2, 0.25) is 0 Å². The van der Waals surface area contributed by atoms with Gasteiger partial charge in [0.25, 0.3) is 0 Å². The summed E-state index contributed by atoms with van der Waals surface area (Å²) in [4.78, 5) is 1.40. The van der Waals surface area contributed by atoms with Crippen molar-refractivity contribution < 1.29 is 8.42 Å². The van der Waals surface area contributed by atoms with Crippen molar-refractivity contribution in [2.24, 2.45) is 0 Å².